The minimum Gasteiger partial charge on any atom is -0.292 e. The Morgan fingerprint density at radius 1 is 1.64 bits per heavy atom. The van der Waals surface area contributed by atoms with Crippen molar-refractivity contribution >= 4 is 22.6 Å². The fraction of sp³-hybridized carbons (Fsp3) is 0.400. The van der Waals surface area contributed by atoms with Gasteiger partial charge in [-0.2, -0.15) is 0 Å². The summed E-state index contributed by atoms with van der Waals surface area (Å²) in [4.78, 5) is 15.8. The summed E-state index contributed by atoms with van der Waals surface area (Å²) >= 11 is 2.01. The monoisotopic (exact) mass is 304 g/mol. The average molecular weight is 304 g/mol. The van der Waals surface area contributed by atoms with E-state index in [0.29, 0.717) is 10.1 Å². The summed E-state index contributed by atoms with van der Waals surface area (Å²) < 4.78 is 2.34. The molecule has 0 N–H and O–H groups in total. The molecule has 14 heavy (non-hydrogen) atoms. The Kier molecular flexibility index (Phi) is 3.86. The van der Waals surface area contributed by atoms with Crippen LogP contribution in [0, 0.1) is 10.5 Å². The lowest BCUT2D eigenvalue weighted by atomic mass is 10.3. The van der Waals surface area contributed by atoms with E-state index < -0.39 is 0 Å². The second kappa shape index (κ2) is 4.72. The van der Waals surface area contributed by atoms with E-state index in [-0.39, 0.29) is 5.56 Å². The fourth-order valence-corrected chi connectivity index (χ4v) is 1.47. The number of hydrogen-bond donors (Lipinski definition) is 0. The molecule has 0 radical (unpaired) electrons. The zero-order chi connectivity index (χ0) is 10.7. The Morgan fingerprint density at radius 3 is 2.86 bits per heavy atom. The lowest BCUT2D eigenvalue weighted by molar-refractivity contribution is 0.706. The Labute approximate surface area is 97.0 Å². The summed E-state index contributed by atoms with van der Waals surface area (Å²) in [7, 11) is 0. The van der Waals surface area contributed by atoms with Crippen LogP contribution in [0.3, 0.4) is 0 Å². The van der Waals surface area contributed by atoms with Crippen molar-refractivity contribution in [2.45, 2.75) is 27.3 Å². The van der Waals surface area contributed by atoms with Gasteiger partial charge in [-0.1, -0.05) is 11.6 Å². The zero-order valence-electron chi connectivity index (χ0n) is 8.54. The molecule has 1 heterocycles. The second-order valence-corrected chi connectivity index (χ2v) is 4.51. The first kappa shape index (κ1) is 11.4. The first-order chi connectivity index (χ1) is 6.52. The first-order valence-electron chi connectivity index (χ1n) is 4.37. The van der Waals surface area contributed by atoms with Crippen LogP contribution in [0.4, 0.5) is 0 Å². The van der Waals surface area contributed by atoms with Crippen LogP contribution < -0.4 is 5.56 Å². The highest BCUT2D eigenvalue weighted by Crippen LogP contribution is 1.99. The third kappa shape index (κ3) is 2.67. The van der Waals surface area contributed by atoms with Crippen molar-refractivity contribution < 1.29 is 0 Å². The van der Waals surface area contributed by atoms with Gasteiger partial charge in [0.05, 0.1) is 3.57 Å². The van der Waals surface area contributed by atoms with E-state index in [1.54, 1.807) is 10.8 Å². The van der Waals surface area contributed by atoms with Crippen molar-refractivity contribution in [3.8, 4) is 0 Å². The maximum atomic E-state index is 11.7. The summed E-state index contributed by atoms with van der Waals surface area (Å²) in [6, 6.07) is 0. The summed E-state index contributed by atoms with van der Waals surface area (Å²) in [5.41, 5.74) is 1.24. The van der Waals surface area contributed by atoms with Gasteiger partial charge < -0.3 is 0 Å². The van der Waals surface area contributed by atoms with Crippen LogP contribution in [0.25, 0.3) is 0 Å². The predicted molar refractivity (Wildman–Crippen MR) is 65.4 cm³/mol. The summed E-state index contributed by atoms with van der Waals surface area (Å²) in [5, 5.41) is 0. The van der Waals surface area contributed by atoms with Crippen LogP contribution >= 0.6 is 22.6 Å². The molecule has 1 aromatic heterocycles. The molecule has 1 rings (SSSR count). The SMILES string of the molecule is CC(C)=CCn1c(C)ncc(I)c1=O. The number of hydrogen-bond acceptors (Lipinski definition) is 2. The number of allylic oxidation sites excluding steroid dienone is 2. The largest absolute Gasteiger partial charge is 0.292 e. The van der Waals surface area contributed by atoms with Gasteiger partial charge in [0.15, 0.2) is 0 Å². The van der Waals surface area contributed by atoms with Gasteiger partial charge in [0, 0.05) is 12.7 Å². The van der Waals surface area contributed by atoms with Crippen molar-refractivity contribution in [2.75, 3.05) is 0 Å². The van der Waals surface area contributed by atoms with E-state index in [1.165, 1.54) is 5.57 Å². The van der Waals surface area contributed by atoms with Crippen LogP contribution in [-0.2, 0) is 6.54 Å². The number of aromatic nitrogens is 2. The Morgan fingerprint density at radius 2 is 2.29 bits per heavy atom. The van der Waals surface area contributed by atoms with Crippen LogP contribution in [0.5, 0.6) is 0 Å². The summed E-state index contributed by atoms with van der Waals surface area (Å²) in [6.07, 6.45) is 3.63. The van der Waals surface area contributed by atoms with Crippen molar-refractivity contribution in [1.29, 1.82) is 0 Å². The normalized spacial score (nSPS) is 10.0. The third-order valence-electron chi connectivity index (χ3n) is 1.89. The molecule has 0 saturated heterocycles. The molecule has 0 atom stereocenters. The molecule has 0 aliphatic carbocycles. The lowest BCUT2D eigenvalue weighted by Crippen LogP contribution is -2.25. The molecule has 0 bridgehead atoms. The van der Waals surface area contributed by atoms with Gasteiger partial charge >= 0.3 is 0 Å². The van der Waals surface area contributed by atoms with Gasteiger partial charge in [-0.15, -0.1) is 0 Å². The molecule has 0 aliphatic rings. The second-order valence-electron chi connectivity index (χ2n) is 3.35. The van der Waals surface area contributed by atoms with Crippen LogP contribution in [0.15, 0.2) is 22.6 Å². The molecule has 0 unspecified atom stereocenters. The van der Waals surface area contributed by atoms with Crippen LogP contribution in [0.1, 0.15) is 19.7 Å². The van der Waals surface area contributed by atoms with Crippen molar-refractivity contribution in [1.82, 2.24) is 9.55 Å². The van der Waals surface area contributed by atoms with Crippen molar-refractivity contribution in [2.24, 2.45) is 0 Å². The fourth-order valence-electron chi connectivity index (χ4n) is 1.04. The Balaban J connectivity index is 3.14. The molecule has 0 aliphatic heterocycles. The molecule has 0 amide bonds. The molecule has 1 aromatic rings. The average Bonchev–Trinajstić information content (AvgIpc) is 2.11. The molecular formula is C10H13IN2O. The van der Waals surface area contributed by atoms with E-state index in [2.05, 4.69) is 4.98 Å². The minimum absolute atomic E-state index is 0.0376. The number of halogens is 1. The zero-order valence-corrected chi connectivity index (χ0v) is 10.7. The Bertz CT molecular complexity index is 417. The number of aryl methyl sites for hydroxylation is 1. The lowest BCUT2D eigenvalue weighted by Gasteiger charge is -2.06. The van der Waals surface area contributed by atoms with Gasteiger partial charge in [0.2, 0.25) is 0 Å². The van der Waals surface area contributed by atoms with E-state index in [1.807, 2.05) is 49.4 Å². The molecule has 0 aromatic carbocycles. The standard InChI is InChI=1S/C10H13IN2O/c1-7(2)4-5-13-8(3)12-6-9(11)10(13)14/h4,6H,5H2,1-3H3. The van der Waals surface area contributed by atoms with Crippen LogP contribution in [0.2, 0.25) is 0 Å². The molecule has 3 nitrogen and oxygen atoms in total. The van der Waals surface area contributed by atoms with E-state index in [9.17, 15) is 4.79 Å². The first-order valence-corrected chi connectivity index (χ1v) is 5.45. The summed E-state index contributed by atoms with van der Waals surface area (Å²) in [6.45, 7) is 6.48. The molecule has 76 valence electrons. The van der Waals surface area contributed by atoms with Gasteiger partial charge in [0.1, 0.15) is 5.82 Å². The quantitative estimate of drug-likeness (QED) is 0.620. The van der Waals surface area contributed by atoms with Gasteiger partial charge in [-0.05, 0) is 43.4 Å². The minimum atomic E-state index is 0.0376. The number of nitrogens with zero attached hydrogens (tertiary/aromatic N) is 2. The molecule has 0 saturated carbocycles. The maximum Gasteiger partial charge on any atom is 0.267 e. The van der Waals surface area contributed by atoms with E-state index >= 15 is 0 Å². The van der Waals surface area contributed by atoms with Gasteiger partial charge in [-0.25, -0.2) is 4.98 Å². The van der Waals surface area contributed by atoms with E-state index in [4.69, 9.17) is 0 Å². The van der Waals surface area contributed by atoms with Gasteiger partial charge in [-0.3, -0.25) is 9.36 Å². The highest BCUT2D eigenvalue weighted by molar-refractivity contribution is 14.1. The third-order valence-corrected chi connectivity index (χ3v) is 2.63. The molecule has 4 heteroatoms. The van der Waals surface area contributed by atoms with Gasteiger partial charge in [0.25, 0.3) is 5.56 Å². The molecular weight excluding hydrogens is 291 g/mol. The topological polar surface area (TPSA) is 34.9 Å². The summed E-state index contributed by atoms with van der Waals surface area (Å²) in [5.74, 6) is 0.757. The molecule has 0 fully saturated rings. The van der Waals surface area contributed by atoms with Crippen LogP contribution in [-0.4, -0.2) is 9.55 Å². The van der Waals surface area contributed by atoms with Crippen molar-refractivity contribution in [3.63, 3.8) is 0 Å². The Hall–Kier alpha value is -0.650. The molecule has 0 spiro atoms. The smallest absolute Gasteiger partial charge is 0.267 e. The highest BCUT2D eigenvalue weighted by atomic mass is 127. The maximum absolute atomic E-state index is 11.7. The van der Waals surface area contributed by atoms with E-state index in [0.717, 1.165) is 5.82 Å². The van der Waals surface area contributed by atoms with Crippen molar-refractivity contribution in [3.05, 3.63) is 37.6 Å². The predicted octanol–water partition coefficient (Wildman–Crippen LogP) is 2.12. The highest BCUT2D eigenvalue weighted by Gasteiger charge is 2.02. The number of rotatable bonds is 2.